The van der Waals surface area contributed by atoms with E-state index in [2.05, 4.69) is 4.72 Å². The molecule has 2 aromatic carbocycles. The van der Waals surface area contributed by atoms with E-state index in [4.69, 9.17) is 14.6 Å². The molecule has 1 fully saturated rings. The van der Waals surface area contributed by atoms with Crippen molar-refractivity contribution in [1.29, 1.82) is 0 Å². The van der Waals surface area contributed by atoms with Crippen LogP contribution in [0.5, 0.6) is 5.75 Å². The maximum Gasteiger partial charge on any atom is 0.416 e. The van der Waals surface area contributed by atoms with Gasteiger partial charge >= 0.3 is 12.1 Å². The van der Waals surface area contributed by atoms with Crippen LogP contribution in [0.2, 0.25) is 0 Å². The van der Waals surface area contributed by atoms with Gasteiger partial charge in [-0.1, -0.05) is 0 Å². The van der Waals surface area contributed by atoms with Gasteiger partial charge in [0.15, 0.2) is 6.61 Å². The Morgan fingerprint density at radius 1 is 1.19 bits per heavy atom. The van der Waals surface area contributed by atoms with Crippen molar-refractivity contribution >= 4 is 27.4 Å². The number of nitrogens with one attached hydrogen (secondary N) is 1. The molecule has 0 radical (unpaired) electrons. The topological polar surface area (TPSA) is 105 Å². The van der Waals surface area contributed by atoms with Crippen LogP contribution in [0.3, 0.4) is 0 Å². The third-order valence-corrected chi connectivity index (χ3v) is 6.09. The van der Waals surface area contributed by atoms with Crippen molar-refractivity contribution in [3.8, 4) is 5.75 Å². The fourth-order valence-corrected chi connectivity index (χ4v) is 4.32. The summed E-state index contributed by atoms with van der Waals surface area (Å²) < 4.78 is 78.3. The number of aliphatic carboxylic acids is 1. The van der Waals surface area contributed by atoms with Crippen LogP contribution in [0, 0.1) is 6.92 Å². The minimum Gasteiger partial charge on any atom is -0.482 e. The molecule has 0 aromatic heterocycles. The Balaban J connectivity index is 1.94. The van der Waals surface area contributed by atoms with E-state index in [-0.39, 0.29) is 16.3 Å². The highest BCUT2D eigenvalue weighted by Gasteiger charge is 2.32. The van der Waals surface area contributed by atoms with Crippen molar-refractivity contribution < 1.29 is 41.0 Å². The number of ether oxygens (including phenoxy) is 2. The van der Waals surface area contributed by atoms with Crippen LogP contribution >= 0.6 is 0 Å². The molecular formula is C20H21F3N2O6S. The second kappa shape index (κ2) is 9.25. The molecule has 32 heavy (non-hydrogen) atoms. The third-order valence-electron chi connectivity index (χ3n) is 4.73. The highest BCUT2D eigenvalue weighted by molar-refractivity contribution is 7.92. The molecule has 1 aliphatic heterocycles. The number of halogens is 3. The van der Waals surface area contributed by atoms with Crippen LogP contribution in [0.4, 0.5) is 24.5 Å². The number of sulfonamides is 1. The molecular weight excluding hydrogens is 453 g/mol. The number of nitrogens with zero attached hydrogens (tertiary/aromatic N) is 1. The Kier molecular flexibility index (Phi) is 6.84. The molecule has 2 N–H and O–H groups in total. The number of carbonyl (C=O) groups is 1. The fourth-order valence-electron chi connectivity index (χ4n) is 3.17. The van der Waals surface area contributed by atoms with E-state index in [9.17, 15) is 26.4 Å². The average Bonchev–Trinajstić information content (AvgIpc) is 2.72. The number of carboxylic acid groups (broad SMARTS) is 1. The number of hydrogen-bond donors (Lipinski definition) is 2. The molecule has 1 aliphatic rings. The minimum atomic E-state index is -4.65. The maximum atomic E-state index is 13.3. The van der Waals surface area contributed by atoms with Crippen molar-refractivity contribution in [3.63, 3.8) is 0 Å². The third kappa shape index (κ3) is 5.62. The fraction of sp³-hybridized carbons (Fsp3) is 0.350. The summed E-state index contributed by atoms with van der Waals surface area (Å²) in [5, 5.41) is 8.70. The Hall–Kier alpha value is -2.99. The molecule has 0 bridgehead atoms. The molecule has 0 saturated carbocycles. The maximum absolute atomic E-state index is 13.3. The highest BCUT2D eigenvalue weighted by atomic mass is 32.2. The minimum absolute atomic E-state index is 0.180. The lowest BCUT2D eigenvalue weighted by molar-refractivity contribution is -0.139. The lowest BCUT2D eigenvalue weighted by Crippen LogP contribution is -2.36. The SMILES string of the molecule is Cc1cc(S(=O)(=O)Nc2cc(C(F)(F)F)ccc2N2CCOCC2)ccc1OCC(=O)O. The molecule has 0 spiro atoms. The van der Waals surface area contributed by atoms with Gasteiger partial charge in [-0.15, -0.1) is 0 Å². The summed E-state index contributed by atoms with van der Waals surface area (Å²) in [7, 11) is -4.25. The molecule has 0 amide bonds. The van der Waals surface area contributed by atoms with Crippen LogP contribution in [-0.2, 0) is 25.7 Å². The normalized spacial score (nSPS) is 14.8. The zero-order valence-electron chi connectivity index (χ0n) is 17.0. The summed E-state index contributed by atoms with van der Waals surface area (Å²) in [6, 6.07) is 6.64. The number of alkyl halides is 3. The van der Waals surface area contributed by atoms with Gasteiger partial charge in [0, 0.05) is 13.1 Å². The van der Waals surface area contributed by atoms with Crippen molar-refractivity contribution in [1.82, 2.24) is 0 Å². The van der Waals surface area contributed by atoms with Crippen molar-refractivity contribution in [3.05, 3.63) is 47.5 Å². The van der Waals surface area contributed by atoms with Gasteiger partial charge in [0.05, 0.1) is 35.0 Å². The van der Waals surface area contributed by atoms with Crippen molar-refractivity contribution in [2.45, 2.75) is 18.0 Å². The summed E-state index contributed by atoms with van der Waals surface area (Å²) in [6.45, 7) is 2.45. The molecule has 12 heteroatoms. The van der Waals surface area contributed by atoms with E-state index in [0.29, 0.717) is 37.6 Å². The second-order valence-electron chi connectivity index (χ2n) is 7.04. The standard InChI is InChI=1S/C20H21F3N2O6S/c1-13-10-15(3-5-18(13)31-12-19(26)27)32(28,29)24-16-11-14(20(21,22)23)2-4-17(16)25-6-8-30-9-7-25/h2-5,10-11,24H,6-9,12H2,1H3,(H,26,27). The van der Waals surface area contributed by atoms with Crippen LogP contribution in [0.15, 0.2) is 41.3 Å². The number of rotatable bonds is 7. The summed E-state index contributed by atoms with van der Waals surface area (Å²) in [6.07, 6.45) is -4.65. The van der Waals surface area contributed by atoms with E-state index in [0.717, 1.165) is 12.1 Å². The van der Waals surface area contributed by atoms with Gasteiger partial charge in [-0.25, -0.2) is 13.2 Å². The van der Waals surface area contributed by atoms with Gasteiger partial charge in [0.2, 0.25) is 0 Å². The molecule has 1 saturated heterocycles. The van der Waals surface area contributed by atoms with E-state index < -0.39 is 34.3 Å². The Morgan fingerprint density at radius 2 is 1.88 bits per heavy atom. The smallest absolute Gasteiger partial charge is 0.416 e. The summed E-state index contributed by atoms with van der Waals surface area (Å²) in [4.78, 5) is 12.2. The van der Waals surface area contributed by atoms with Crippen LogP contribution < -0.4 is 14.4 Å². The Labute approximate surface area is 182 Å². The first-order valence-corrected chi connectivity index (χ1v) is 11.0. The van der Waals surface area contributed by atoms with Crippen molar-refractivity contribution in [2.24, 2.45) is 0 Å². The van der Waals surface area contributed by atoms with Gasteiger partial charge in [0.1, 0.15) is 5.75 Å². The van der Waals surface area contributed by atoms with Crippen molar-refractivity contribution in [2.75, 3.05) is 42.5 Å². The summed E-state index contributed by atoms with van der Waals surface area (Å²) in [5.41, 5.74) is -0.527. The van der Waals surface area contributed by atoms with Crippen LogP contribution in [0.1, 0.15) is 11.1 Å². The van der Waals surface area contributed by atoms with E-state index in [1.807, 2.05) is 0 Å². The predicted molar refractivity (Wildman–Crippen MR) is 110 cm³/mol. The van der Waals surface area contributed by atoms with E-state index >= 15 is 0 Å². The molecule has 0 atom stereocenters. The number of benzene rings is 2. The summed E-state index contributed by atoms with van der Waals surface area (Å²) in [5.74, 6) is -1.01. The van der Waals surface area contributed by atoms with Gasteiger partial charge in [-0.3, -0.25) is 4.72 Å². The van der Waals surface area contributed by atoms with Crippen LogP contribution in [-0.4, -0.2) is 52.4 Å². The molecule has 0 aliphatic carbocycles. The molecule has 0 unspecified atom stereocenters. The monoisotopic (exact) mass is 474 g/mol. The molecule has 2 aromatic rings. The number of carboxylic acids is 1. The van der Waals surface area contributed by atoms with Gasteiger partial charge in [0.25, 0.3) is 10.0 Å². The lowest BCUT2D eigenvalue weighted by Gasteiger charge is -2.31. The van der Waals surface area contributed by atoms with Gasteiger partial charge in [-0.05, 0) is 48.9 Å². The molecule has 3 rings (SSSR count). The number of aryl methyl sites for hydroxylation is 1. The first kappa shape index (κ1) is 23.7. The predicted octanol–water partition coefficient (Wildman–Crippen LogP) is 3.11. The number of morpholine rings is 1. The van der Waals surface area contributed by atoms with Gasteiger partial charge < -0.3 is 19.5 Å². The zero-order chi connectivity index (χ0) is 23.5. The van der Waals surface area contributed by atoms with E-state index in [1.165, 1.54) is 31.2 Å². The number of hydrogen-bond acceptors (Lipinski definition) is 6. The first-order valence-electron chi connectivity index (χ1n) is 9.49. The van der Waals surface area contributed by atoms with Gasteiger partial charge in [-0.2, -0.15) is 13.2 Å². The number of anilines is 2. The van der Waals surface area contributed by atoms with Crippen LogP contribution in [0.25, 0.3) is 0 Å². The van der Waals surface area contributed by atoms with E-state index in [1.54, 1.807) is 4.90 Å². The largest absolute Gasteiger partial charge is 0.482 e. The summed E-state index contributed by atoms with van der Waals surface area (Å²) >= 11 is 0. The first-order chi connectivity index (χ1) is 15.0. The molecule has 8 nitrogen and oxygen atoms in total. The zero-order valence-corrected chi connectivity index (χ0v) is 17.8. The lowest BCUT2D eigenvalue weighted by atomic mass is 10.1. The average molecular weight is 474 g/mol. The Morgan fingerprint density at radius 3 is 2.47 bits per heavy atom. The second-order valence-corrected chi connectivity index (χ2v) is 8.73. The Bertz CT molecular complexity index is 1100. The highest BCUT2D eigenvalue weighted by Crippen LogP contribution is 2.37. The molecule has 174 valence electrons. The molecule has 1 heterocycles. The quantitative estimate of drug-likeness (QED) is 0.635.